The van der Waals surface area contributed by atoms with Gasteiger partial charge in [0, 0.05) is 6.20 Å². The van der Waals surface area contributed by atoms with Crippen LogP contribution in [0.25, 0.3) is 0 Å². The monoisotopic (exact) mass is 311 g/mol. The Kier molecular flexibility index (Phi) is 4.66. The molecule has 9 heteroatoms. The summed E-state index contributed by atoms with van der Waals surface area (Å²) in [5, 5.41) is 20.6. The van der Waals surface area contributed by atoms with Crippen molar-refractivity contribution in [2.45, 2.75) is 31.8 Å². The van der Waals surface area contributed by atoms with Crippen LogP contribution in [-0.2, 0) is 23.1 Å². The Balaban J connectivity index is 2.24. The van der Waals surface area contributed by atoms with Crippen LogP contribution in [0.2, 0.25) is 0 Å². The molecule has 0 saturated carbocycles. The SMILES string of the molecule is Cc1nn(CCO)c(C)c1S(=O)(=O)NCc1cccnn1. The van der Waals surface area contributed by atoms with Crippen molar-refractivity contribution in [1.82, 2.24) is 24.7 Å². The van der Waals surface area contributed by atoms with Crippen molar-refractivity contribution in [3.8, 4) is 0 Å². The molecule has 0 unspecified atom stereocenters. The molecule has 2 rings (SSSR count). The lowest BCUT2D eigenvalue weighted by atomic mass is 10.4. The summed E-state index contributed by atoms with van der Waals surface area (Å²) in [6.07, 6.45) is 1.52. The van der Waals surface area contributed by atoms with Crippen LogP contribution < -0.4 is 4.72 Å². The van der Waals surface area contributed by atoms with Gasteiger partial charge >= 0.3 is 0 Å². The summed E-state index contributed by atoms with van der Waals surface area (Å²) < 4.78 is 28.7. The van der Waals surface area contributed by atoms with Gasteiger partial charge in [-0.2, -0.15) is 15.3 Å². The molecule has 0 aliphatic carbocycles. The first-order chi connectivity index (χ1) is 9.95. The smallest absolute Gasteiger partial charge is 0.244 e. The third-order valence-electron chi connectivity index (χ3n) is 2.97. The third kappa shape index (κ3) is 3.43. The van der Waals surface area contributed by atoms with Gasteiger partial charge in [-0.15, -0.1) is 0 Å². The number of aliphatic hydroxyl groups is 1. The Morgan fingerprint density at radius 1 is 1.38 bits per heavy atom. The average Bonchev–Trinajstić information content (AvgIpc) is 2.73. The number of hydrogen-bond acceptors (Lipinski definition) is 6. The first kappa shape index (κ1) is 15.5. The van der Waals surface area contributed by atoms with Crippen LogP contribution in [-0.4, -0.2) is 40.1 Å². The van der Waals surface area contributed by atoms with Crippen LogP contribution in [0.5, 0.6) is 0 Å². The number of aromatic nitrogens is 4. The second-order valence-electron chi connectivity index (χ2n) is 4.49. The molecule has 0 amide bonds. The maximum atomic E-state index is 12.4. The topological polar surface area (TPSA) is 110 Å². The molecule has 0 aliphatic heterocycles. The minimum atomic E-state index is -3.70. The largest absolute Gasteiger partial charge is 0.394 e. The molecule has 0 fully saturated rings. The highest BCUT2D eigenvalue weighted by Gasteiger charge is 2.24. The van der Waals surface area contributed by atoms with Gasteiger partial charge in [0.25, 0.3) is 0 Å². The summed E-state index contributed by atoms with van der Waals surface area (Å²) >= 11 is 0. The number of aliphatic hydroxyl groups excluding tert-OH is 1. The van der Waals surface area contributed by atoms with E-state index in [0.29, 0.717) is 17.1 Å². The fourth-order valence-corrected chi connectivity index (χ4v) is 3.46. The number of aryl methyl sites for hydroxylation is 1. The van der Waals surface area contributed by atoms with E-state index in [0.717, 1.165) is 0 Å². The normalized spacial score (nSPS) is 11.8. The highest BCUT2D eigenvalue weighted by Crippen LogP contribution is 2.19. The molecule has 0 bridgehead atoms. The van der Waals surface area contributed by atoms with Gasteiger partial charge in [-0.05, 0) is 26.0 Å². The number of nitrogens with zero attached hydrogens (tertiary/aromatic N) is 4. The van der Waals surface area contributed by atoms with Crippen molar-refractivity contribution in [2.75, 3.05) is 6.61 Å². The maximum absolute atomic E-state index is 12.4. The van der Waals surface area contributed by atoms with Crippen molar-refractivity contribution in [1.29, 1.82) is 0 Å². The van der Waals surface area contributed by atoms with Gasteiger partial charge in [0.05, 0.1) is 36.8 Å². The molecule has 21 heavy (non-hydrogen) atoms. The molecular formula is C12H17N5O3S. The predicted octanol–water partition coefficient (Wildman–Crippen LogP) is -0.239. The van der Waals surface area contributed by atoms with E-state index in [9.17, 15) is 8.42 Å². The average molecular weight is 311 g/mol. The first-order valence-corrected chi connectivity index (χ1v) is 7.85. The molecule has 2 aromatic heterocycles. The summed E-state index contributed by atoms with van der Waals surface area (Å²) in [6, 6.07) is 3.37. The Morgan fingerprint density at radius 3 is 2.76 bits per heavy atom. The fraction of sp³-hybridized carbons (Fsp3) is 0.417. The number of hydrogen-bond donors (Lipinski definition) is 2. The molecule has 2 heterocycles. The predicted molar refractivity (Wildman–Crippen MR) is 74.8 cm³/mol. The highest BCUT2D eigenvalue weighted by atomic mass is 32.2. The van der Waals surface area contributed by atoms with E-state index < -0.39 is 10.0 Å². The van der Waals surface area contributed by atoms with Gasteiger partial charge in [0.2, 0.25) is 10.0 Å². The van der Waals surface area contributed by atoms with Gasteiger partial charge in [-0.25, -0.2) is 13.1 Å². The van der Waals surface area contributed by atoms with Crippen LogP contribution in [0.4, 0.5) is 0 Å². The summed E-state index contributed by atoms with van der Waals surface area (Å²) in [5.74, 6) is 0. The summed E-state index contributed by atoms with van der Waals surface area (Å²) in [6.45, 7) is 3.49. The molecule has 114 valence electrons. The van der Waals surface area contributed by atoms with Crippen molar-refractivity contribution in [2.24, 2.45) is 0 Å². The van der Waals surface area contributed by atoms with E-state index in [1.165, 1.54) is 10.9 Å². The van der Waals surface area contributed by atoms with E-state index in [1.807, 2.05) is 0 Å². The second-order valence-corrected chi connectivity index (χ2v) is 6.19. The Morgan fingerprint density at radius 2 is 2.14 bits per heavy atom. The first-order valence-electron chi connectivity index (χ1n) is 6.37. The van der Waals surface area contributed by atoms with Crippen molar-refractivity contribution >= 4 is 10.0 Å². The number of nitrogens with one attached hydrogen (secondary N) is 1. The Bertz CT molecular complexity index is 712. The number of rotatable bonds is 6. The lowest BCUT2D eigenvalue weighted by Crippen LogP contribution is -2.25. The molecule has 0 atom stereocenters. The van der Waals surface area contributed by atoms with Crippen LogP contribution in [0.1, 0.15) is 17.1 Å². The van der Waals surface area contributed by atoms with Crippen LogP contribution in [0, 0.1) is 13.8 Å². The zero-order chi connectivity index (χ0) is 15.5. The van der Waals surface area contributed by atoms with E-state index in [1.54, 1.807) is 26.0 Å². The minimum absolute atomic E-state index is 0.0558. The van der Waals surface area contributed by atoms with Gasteiger partial charge < -0.3 is 5.11 Å². The molecule has 8 nitrogen and oxygen atoms in total. The van der Waals surface area contributed by atoms with Crippen molar-refractivity contribution in [3.63, 3.8) is 0 Å². The Hall–Kier alpha value is -1.84. The Labute approximate surface area is 122 Å². The van der Waals surface area contributed by atoms with Gasteiger partial charge in [-0.1, -0.05) is 0 Å². The zero-order valence-electron chi connectivity index (χ0n) is 11.8. The van der Waals surface area contributed by atoms with Crippen molar-refractivity contribution < 1.29 is 13.5 Å². The molecule has 2 N–H and O–H groups in total. The quantitative estimate of drug-likeness (QED) is 0.762. The molecule has 0 radical (unpaired) electrons. The van der Waals surface area contributed by atoms with Crippen LogP contribution in [0.3, 0.4) is 0 Å². The second kappa shape index (κ2) is 6.29. The maximum Gasteiger partial charge on any atom is 0.244 e. The molecule has 0 spiro atoms. The zero-order valence-corrected chi connectivity index (χ0v) is 12.6. The summed E-state index contributed by atoms with van der Waals surface area (Å²) in [7, 11) is -3.70. The molecular weight excluding hydrogens is 294 g/mol. The van der Waals surface area contributed by atoms with E-state index >= 15 is 0 Å². The highest BCUT2D eigenvalue weighted by molar-refractivity contribution is 7.89. The van der Waals surface area contributed by atoms with Crippen molar-refractivity contribution in [3.05, 3.63) is 35.4 Å². The number of sulfonamides is 1. The standard InChI is InChI=1S/C12H17N5O3S/c1-9-12(10(2)17(16-9)6-7-18)21(19,20)14-8-11-4-3-5-13-15-11/h3-5,14,18H,6-8H2,1-2H3. The van der Waals surface area contributed by atoms with Gasteiger partial charge in [0.1, 0.15) is 4.90 Å². The lowest BCUT2D eigenvalue weighted by Gasteiger charge is -2.07. The fourth-order valence-electron chi connectivity index (χ4n) is 2.05. The summed E-state index contributed by atoms with van der Waals surface area (Å²) in [5.41, 5.74) is 1.42. The molecule has 2 aromatic rings. The molecule has 0 aliphatic rings. The lowest BCUT2D eigenvalue weighted by molar-refractivity contribution is 0.267. The third-order valence-corrected chi connectivity index (χ3v) is 4.62. The van der Waals surface area contributed by atoms with E-state index in [-0.39, 0.29) is 24.6 Å². The van der Waals surface area contributed by atoms with Crippen LogP contribution in [0.15, 0.2) is 23.2 Å². The molecule has 0 saturated heterocycles. The van der Waals surface area contributed by atoms with E-state index in [4.69, 9.17) is 5.11 Å². The van der Waals surface area contributed by atoms with Gasteiger partial charge in [-0.3, -0.25) is 4.68 Å². The van der Waals surface area contributed by atoms with E-state index in [2.05, 4.69) is 20.0 Å². The molecule has 0 aromatic carbocycles. The van der Waals surface area contributed by atoms with Crippen LogP contribution >= 0.6 is 0 Å². The minimum Gasteiger partial charge on any atom is -0.394 e. The van der Waals surface area contributed by atoms with Gasteiger partial charge in [0.15, 0.2) is 0 Å². The summed E-state index contributed by atoms with van der Waals surface area (Å²) in [4.78, 5) is 0.139.